The molecule has 170 valence electrons. The molecule has 7 nitrogen and oxygen atoms in total. The smallest absolute Gasteiger partial charge is 0.295 e. The van der Waals surface area contributed by atoms with Gasteiger partial charge in [0, 0.05) is 24.5 Å². The second-order valence-electron chi connectivity index (χ2n) is 7.61. The van der Waals surface area contributed by atoms with E-state index in [1.165, 1.54) is 0 Å². The summed E-state index contributed by atoms with van der Waals surface area (Å²) in [7, 11) is 0. The Kier molecular flexibility index (Phi) is 8.00. The minimum Gasteiger partial charge on any atom is -0.507 e. The van der Waals surface area contributed by atoms with Crippen molar-refractivity contribution >= 4 is 17.4 Å². The highest BCUT2D eigenvalue weighted by Gasteiger charge is 2.45. The molecular formula is C25H31N3O4. The Bertz CT molecular complexity index is 970. The van der Waals surface area contributed by atoms with Gasteiger partial charge in [0.2, 0.25) is 0 Å². The molecule has 0 radical (unpaired) electrons. The molecule has 1 atom stereocenters. The molecule has 0 aliphatic carbocycles. The minimum atomic E-state index is -0.672. The molecule has 0 saturated carbocycles. The van der Waals surface area contributed by atoms with Gasteiger partial charge in [-0.25, -0.2) is 0 Å². The Balaban J connectivity index is 2.00. The molecule has 1 saturated heterocycles. The van der Waals surface area contributed by atoms with Crippen LogP contribution in [0.2, 0.25) is 0 Å². The molecule has 7 heteroatoms. The van der Waals surface area contributed by atoms with Gasteiger partial charge in [0.25, 0.3) is 11.7 Å². The lowest BCUT2D eigenvalue weighted by Crippen LogP contribution is -2.33. The molecule has 1 N–H and O–H groups in total. The summed E-state index contributed by atoms with van der Waals surface area (Å²) in [5, 5.41) is 11.1. The van der Waals surface area contributed by atoms with Crippen molar-refractivity contribution in [2.75, 3.05) is 32.8 Å². The number of Topliss-reactive ketones (excluding diaryl/α,β-unsaturated/α-hetero) is 1. The van der Waals surface area contributed by atoms with Crippen LogP contribution >= 0.6 is 0 Å². The summed E-state index contributed by atoms with van der Waals surface area (Å²) in [6, 6.07) is 9.81. The molecular weight excluding hydrogens is 406 g/mol. The van der Waals surface area contributed by atoms with Crippen LogP contribution in [0.25, 0.3) is 5.76 Å². The SMILES string of the molecule is CCOc1cccc(C(O)=C2C(=O)C(=O)N(CCCN(CC)CC)C2c2ccncc2)c1. The fourth-order valence-corrected chi connectivity index (χ4v) is 4.06. The summed E-state index contributed by atoms with van der Waals surface area (Å²) in [5.74, 6) is -0.869. The first-order valence-electron chi connectivity index (χ1n) is 11.2. The molecule has 3 rings (SSSR count). The summed E-state index contributed by atoms with van der Waals surface area (Å²) >= 11 is 0. The average molecular weight is 438 g/mol. The Morgan fingerprint density at radius 1 is 1.12 bits per heavy atom. The van der Waals surface area contributed by atoms with E-state index < -0.39 is 17.7 Å². The van der Waals surface area contributed by atoms with Crippen LogP contribution < -0.4 is 4.74 Å². The highest BCUT2D eigenvalue weighted by molar-refractivity contribution is 6.46. The number of benzene rings is 1. The van der Waals surface area contributed by atoms with Gasteiger partial charge in [0.15, 0.2) is 0 Å². The second-order valence-corrected chi connectivity index (χ2v) is 7.61. The lowest BCUT2D eigenvalue weighted by Gasteiger charge is -2.26. The Labute approximate surface area is 189 Å². The number of pyridine rings is 1. The number of hydrogen-bond donors (Lipinski definition) is 1. The van der Waals surface area contributed by atoms with Crippen molar-refractivity contribution in [1.29, 1.82) is 0 Å². The maximum Gasteiger partial charge on any atom is 0.295 e. The van der Waals surface area contributed by atoms with E-state index in [0.717, 1.165) is 31.6 Å². The van der Waals surface area contributed by atoms with Gasteiger partial charge < -0.3 is 19.6 Å². The van der Waals surface area contributed by atoms with Crippen molar-refractivity contribution in [3.8, 4) is 5.75 Å². The third kappa shape index (κ3) is 4.99. The van der Waals surface area contributed by atoms with Gasteiger partial charge in [-0.05, 0) is 62.8 Å². The molecule has 1 fully saturated rings. The zero-order chi connectivity index (χ0) is 23.1. The van der Waals surface area contributed by atoms with Crippen molar-refractivity contribution in [3.05, 3.63) is 65.5 Å². The first-order chi connectivity index (χ1) is 15.5. The fourth-order valence-electron chi connectivity index (χ4n) is 4.06. The van der Waals surface area contributed by atoms with Crippen LogP contribution in [0.4, 0.5) is 0 Å². The third-order valence-corrected chi connectivity index (χ3v) is 5.75. The average Bonchev–Trinajstić information content (AvgIpc) is 3.07. The van der Waals surface area contributed by atoms with E-state index in [-0.39, 0.29) is 11.3 Å². The van der Waals surface area contributed by atoms with E-state index in [1.807, 2.05) is 6.92 Å². The predicted octanol–water partition coefficient (Wildman–Crippen LogP) is 3.63. The van der Waals surface area contributed by atoms with E-state index in [0.29, 0.717) is 24.5 Å². The Hall–Kier alpha value is -3.19. The summed E-state index contributed by atoms with van der Waals surface area (Å²) in [4.78, 5) is 34.0. The maximum absolute atomic E-state index is 13.1. The number of nitrogens with zero attached hydrogens (tertiary/aromatic N) is 3. The molecule has 2 heterocycles. The van der Waals surface area contributed by atoms with Crippen LogP contribution in [0.3, 0.4) is 0 Å². The maximum atomic E-state index is 13.1. The zero-order valence-corrected chi connectivity index (χ0v) is 19.0. The normalized spacial score (nSPS) is 17.9. The molecule has 1 unspecified atom stereocenters. The minimum absolute atomic E-state index is 0.0951. The highest BCUT2D eigenvalue weighted by Crippen LogP contribution is 2.39. The van der Waals surface area contributed by atoms with E-state index in [1.54, 1.807) is 53.7 Å². The highest BCUT2D eigenvalue weighted by atomic mass is 16.5. The Morgan fingerprint density at radius 2 is 1.84 bits per heavy atom. The monoisotopic (exact) mass is 437 g/mol. The number of aromatic nitrogens is 1. The van der Waals surface area contributed by atoms with Gasteiger partial charge >= 0.3 is 0 Å². The van der Waals surface area contributed by atoms with Crippen LogP contribution in [-0.4, -0.2) is 64.4 Å². The number of likely N-dealkylation sites (tertiary alicyclic amines) is 1. The molecule has 1 aromatic heterocycles. The van der Waals surface area contributed by atoms with E-state index in [2.05, 4.69) is 23.7 Å². The summed E-state index contributed by atoms with van der Waals surface area (Å²) in [5.41, 5.74) is 1.28. The molecule has 0 spiro atoms. The largest absolute Gasteiger partial charge is 0.507 e. The number of aliphatic hydroxyl groups excluding tert-OH is 1. The van der Waals surface area contributed by atoms with Gasteiger partial charge in [-0.15, -0.1) is 0 Å². The van der Waals surface area contributed by atoms with Crippen molar-refractivity contribution in [2.24, 2.45) is 0 Å². The quantitative estimate of drug-likeness (QED) is 0.347. The lowest BCUT2D eigenvalue weighted by atomic mass is 9.96. The molecule has 1 aromatic carbocycles. The first-order valence-corrected chi connectivity index (χ1v) is 11.2. The van der Waals surface area contributed by atoms with Crippen molar-refractivity contribution in [3.63, 3.8) is 0 Å². The van der Waals surface area contributed by atoms with Crippen molar-refractivity contribution < 1.29 is 19.4 Å². The summed E-state index contributed by atoms with van der Waals surface area (Å²) < 4.78 is 5.53. The van der Waals surface area contributed by atoms with Crippen LogP contribution in [-0.2, 0) is 9.59 Å². The van der Waals surface area contributed by atoms with Gasteiger partial charge in [-0.2, -0.15) is 0 Å². The number of rotatable bonds is 10. The molecule has 1 aliphatic rings. The van der Waals surface area contributed by atoms with Crippen LogP contribution in [0.15, 0.2) is 54.4 Å². The van der Waals surface area contributed by atoms with E-state index >= 15 is 0 Å². The number of aliphatic hydroxyl groups is 1. The number of carbonyl (C=O) groups is 2. The van der Waals surface area contributed by atoms with Crippen LogP contribution in [0.5, 0.6) is 5.75 Å². The topological polar surface area (TPSA) is 83.0 Å². The number of hydrogen-bond acceptors (Lipinski definition) is 6. The molecule has 32 heavy (non-hydrogen) atoms. The summed E-state index contributed by atoms with van der Waals surface area (Å²) in [6.07, 6.45) is 3.98. The fraction of sp³-hybridized carbons (Fsp3) is 0.400. The van der Waals surface area contributed by atoms with E-state index in [9.17, 15) is 14.7 Å². The van der Waals surface area contributed by atoms with Crippen LogP contribution in [0.1, 0.15) is 44.4 Å². The van der Waals surface area contributed by atoms with Crippen LogP contribution in [0, 0.1) is 0 Å². The van der Waals surface area contributed by atoms with Crippen molar-refractivity contribution in [2.45, 2.75) is 33.2 Å². The molecule has 0 bridgehead atoms. The van der Waals surface area contributed by atoms with Crippen molar-refractivity contribution in [1.82, 2.24) is 14.8 Å². The number of amides is 1. The number of carbonyl (C=O) groups excluding carboxylic acids is 2. The number of ether oxygens (including phenoxy) is 1. The first kappa shape index (κ1) is 23.5. The summed E-state index contributed by atoms with van der Waals surface area (Å²) in [6.45, 7) is 9.67. The number of ketones is 1. The lowest BCUT2D eigenvalue weighted by molar-refractivity contribution is -0.140. The van der Waals surface area contributed by atoms with Gasteiger partial charge in [0.1, 0.15) is 11.5 Å². The van der Waals surface area contributed by atoms with Gasteiger partial charge in [-0.3, -0.25) is 14.6 Å². The second kappa shape index (κ2) is 10.9. The standard InChI is InChI=1S/C25H31N3O4/c1-4-27(5-2)15-8-16-28-22(18-11-13-26-14-12-18)21(24(30)25(28)31)23(29)19-9-7-10-20(17-19)32-6-3/h7,9-14,17,22,29H,4-6,8,15-16H2,1-3H3. The molecule has 1 aliphatic heterocycles. The third-order valence-electron chi connectivity index (χ3n) is 5.75. The van der Waals surface area contributed by atoms with Gasteiger partial charge in [0.05, 0.1) is 18.2 Å². The zero-order valence-electron chi connectivity index (χ0n) is 19.0. The molecule has 2 aromatic rings. The molecule has 1 amide bonds. The van der Waals surface area contributed by atoms with E-state index in [4.69, 9.17) is 4.74 Å². The van der Waals surface area contributed by atoms with Gasteiger partial charge in [-0.1, -0.05) is 26.0 Å². The Morgan fingerprint density at radius 3 is 2.50 bits per heavy atom. The predicted molar refractivity (Wildman–Crippen MR) is 123 cm³/mol.